The van der Waals surface area contributed by atoms with Gasteiger partial charge in [0.15, 0.2) is 11.5 Å². The minimum atomic E-state index is -1.06. The lowest BCUT2D eigenvalue weighted by molar-refractivity contribution is -0.0716. The normalized spacial score (nSPS) is 25.7. The monoisotopic (exact) mass is 645 g/mol. The highest BCUT2D eigenvalue weighted by atomic mass is 35.5. The van der Waals surface area contributed by atoms with E-state index in [-0.39, 0.29) is 24.2 Å². The molecule has 0 saturated carbocycles. The van der Waals surface area contributed by atoms with Gasteiger partial charge in [-0.05, 0) is 55.3 Å². The number of aromatic nitrogens is 3. The number of hydrogen-bond donors (Lipinski definition) is 0. The molecule has 4 aromatic rings. The number of hydrogen-bond acceptors (Lipinski definition) is 10. The number of halogens is 1. The number of rotatable bonds is 7. The summed E-state index contributed by atoms with van der Waals surface area (Å²) in [6.45, 7) is 6.81. The molecule has 0 aliphatic carbocycles. The van der Waals surface area contributed by atoms with Crippen LogP contribution in [0.15, 0.2) is 54.7 Å². The second kappa shape index (κ2) is 11.7. The van der Waals surface area contributed by atoms with Crippen molar-refractivity contribution >= 4 is 34.3 Å². The van der Waals surface area contributed by atoms with Gasteiger partial charge in [0, 0.05) is 32.8 Å². The molecule has 2 aromatic carbocycles. The third kappa shape index (κ3) is 5.15. The number of methoxy groups -OCH3 is 1. The highest BCUT2D eigenvalue weighted by Gasteiger charge is 2.46. The van der Waals surface area contributed by atoms with Crippen LogP contribution < -0.4 is 14.4 Å². The summed E-state index contributed by atoms with van der Waals surface area (Å²) in [6.07, 6.45) is 3.78. The van der Waals surface area contributed by atoms with Crippen LogP contribution in [0.1, 0.15) is 41.6 Å². The fraction of sp³-hybridized carbons (Fsp3) is 0.441. The van der Waals surface area contributed by atoms with Crippen molar-refractivity contribution in [2.24, 2.45) is 0 Å². The summed E-state index contributed by atoms with van der Waals surface area (Å²) in [6, 6.07) is 15.5. The molecular weight excluding hydrogens is 610 g/mol. The fourth-order valence-corrected chi connectivity index (χ4v) is 7.36. The maximum Gasteiger partial charge on any atom is 0.337 e. The van der Waals surface area contributed by atoms with Gasteiger partial charge in [-0.3, -0.25) is 9.88 Å². The van der Waals surface area contributed by atoms with E-state index in [1.54, 1.807) is 18.3 Å². The smallest absolute Gasteiger partial charge is 0.337 e. The Bertz CT molecular complexity index is 1780. The van der Waals surface area contributed by atoms with E-state index in [9.17, 15) is 4.79 Å². The number of para-hydroxylation sites is 1. The molecule has 0 spiro atoms. The van der Waals surface area contributed by atoms with Crippen LogP contribution in [0.4, 0.5) is 5.69 Å². The molecule has 0 amide bonds. The lowest BCUT2D eigenvalue weighted by Crippen LogP contribution is -2.59. The molecule has 0 radical (unpaired) electrons. The average Bonchev–Trinajstić information content (AvgIpc) is 3.88. The van der Waals surface area contributed by atoms with Crippen LogP contribution in [-0.4, -0.2) is 83.6 Å². The fourth-order valence-electron chi connectivity index (χ4n) is 7.24. The second-order valence-electron chi connectivity index (χ2n) is 12.4. The third-order valence-electron chi connectivity index (χ3n) is 9.58. The Labute approximate surface area is 271 Å². The van der Waals surface area contributed by atoms with Gasteiger partial charge < -0.3 is 33.2 Å². The molecule has 12 heteroatoms. The number of imidazole rings is 1. The molecule has 0 bridgehead atoms. The van der Waals surface area contributed by atoms with E-state index < -0.39 is 5.79 Å². The molecule has 1 unspecified atom stereocenters. The van der Waals surface area contributed by atoms with E-state index >= 15 is 0 Å². The van der Waals surface area contributed by atoms with Crippen LogP contribution in [0.5, 0.6) is 11.5 Å². The molecule has 8 rings (SSSR count). The number of benzene rings is 2. The van der Waals surface area contributed by atoms with Gasteiger partial charge in [-0.2, -0.15) is 0 Å². The molecule has 0 N–H and O–H groups in total. The largest absolute Gasteiger partial charge is 0.465 e. The van der Waals surface area contributed by atoms with Crippen molar-refractivity contribution in [1.82, 2.24) is 19.4 Å². The van der Waals surface area contributed by atoms with Crippen molar-refractivity contribution in [2.45, 2.75) is 56.8 Å². The Morgan fingerprint density at radius 3 is 2.80 bits per heavy atom. The van der Waals surface area contributed by atoms with Crippen LogP contribution in [0.25, 0.3) is 11.0 Å². The predicted octanol–water partition coefficient (Wildman–Crippen LogP) is 4.78. The Balaban J connectivity index is 1.07. The first kappa shape index (κ1) is 29.5. The topological polar surface area (TPSA) is 100 Å². The number of ether oxygens (including phenoxy) is 5. The molecular formula is C34H36ClN5O6. The lowest BCUT2D eigenvalue weighted by Gasteiger charge is -2.44. The summed E-state index contributed by atoms with van der Waals surface area (Å²) in [5, 5.41) is 0.557. The number of anilines is 1. The van der Waals surface area contributed by atoms with E-state index in [0.29, 0.717) is 54.1 Å². The van der Waals surface area contributed by atoms with Gasteiger partial charge >= 0.3 is 5.97 Å². The average molecular weight is 646 g/mol. The number of pyridine rings is 1. The van der Waals surface area contributed by atoms with Crippen molar-refractivity contribution in [3.63, 3.8) is 0 Å². The summed E-state index contributed by atoms with van der Waals surface area (Å²) in [4.78, 5) is 26.8. The SMILES string of the molecule is COC(=O)c1ccc2nc(CN3CCN(c4cccc5c4OC(C)(c4ccc(Cl)cn4)O5)[C@H]4COC[C@H]43)n(C[C@@H]3CCCO3)c2c1. The minimum Gasteiger partial charge on any atom is -0.465 e. The van der Waals surface area contributed by atoms with Gasteiger partial charge in [-0.15, -0.1) is 0 Å². The standard InChI is InChI=1S/C34H36ClN5O6/c1-34(30-11-9-22(35)16-36-30)45-29-7-3-6-25(32(29)46-34)39-13-12-38(27-19-43-20-28(27)39)18-31-37-24-10-8-21(33(41)42-2)15-26(24)40(31)17-23-5-4-14-44-23/h3,6-11,15-16,23,27-28H,4-5,12-14,17-20H2,1-2H3/t23-,27+,28-,34?/m0/s1. The summed E-state index contributed by atoms with van der Waals surface area (Å²) in [5.41, 5.74) is 3.92. The molecule has 3 saturated heterocycles. The number of carbonyl (C=O) groups is 1. The maximum atomic E-state index is 12.4. The zero-order valence-electron chi connectivity index (χ0n) is 25.9. The molecule has 4 atom stereocenters. The molecule has 4 aliphatic rings. The first-order chi connectivity index (χ1) is 22.4. The lowest BCUT2D eigenvalue weighted by atomic mass is 10.0. The first-order valence-electron chi connectivity index (χ1n) is 15.8. The third-order valence-corrected chi connectivity index (χ3v) is 9.81. The highest BCUT2D eigenvalue weighted by molar-refractivity contribution is 6.30. The highest BCUT2D eigenvalue weighted by Crippen LogP contribution is 2.50. The second-order valence-corrected chi connectivity index (χ2v) is 12.9. The van der Waals surface area contributed by atoms with Gasteiger partial charge in [-0.1, -0.05) is 17.7 Å². The number of carbonyl (C=O) groups excluding carboxylic acids is 1. The molecule has 4 aliphatic heterocycles. The molecule has 11 nitrogen and oxygen atoms in total. The summed E-state index contributed by atoms with van der Waals surface area (Å²) >= 11 is 6.09. The van der Waals surface area contributed by atoms with Crippen molar-refractivity contribution in [2.75, 3.05) is 44.9 Å². The summed E-state index contributed by atoms with van der Waals surface area (Å²) < 4.78 is 32.3. The first-order valence-corrected chi connectivity index (χ1v) is 16.2. The number of piperazine rings is 1. The van der Waals surface area contributed by atoms with Gasteiger partial charge in [0.2, 0.25) is 0 Å². The number of fused-ring (bicyclic) bond motifs is 3. The minimum absolute atomic E-state index is 0.117. The molecule has 46 heavy (non-hydrogen) atoms. The zero-order chi connectivity index (χ0) is 31.4. The quantitative estimate of drug-likeness (QED) is 0.261. The molecule has 3 fully saturated rings. The molecule has 6 heterocycles. The van der Waals surface area contributed by atoms with Gasteiger partial charge in [0.05, 0.1) is 78.9 Å². The summed E-state index contributed by atoms with van der Waals surface area (Å²) in [5.74, 6) is 0.924. The van der Waals surface area contributed by atoms with Crippen molar-refractivity contribution in [3.05, 3.63) is 76.8 Å². The van der Waals surface area contributed by atoms with E-state index in [2.05, 4.69) is 25.4 Å². The van der Waals surface area contributed by atoms with E-state index in [4.69, 9.17) is 40.3 Å². The van der Waals surface area contributed by atoms with E-state index in [1.165, 1.54) is 7.11 Å². The van der Waals surface area contributed by atoms with Crippen molar-refractivity contribution in [1.29, 1.82) is 0 Å². The van der Waals surface area contributed by atoms with Crippen LogP contribution in [0, 0.1) is 0 Å². The summed E-state index contributed by atoms with van der Waals surface area (Å²) in [7, 11) is 1.40. The van der Waals surface area contributed by atoms with Crippen LogP contribution in [0.2, 0.25) is 5.02 Å². The van der Waals surface area contributed by atoms with E-state index in [0.717, 1.165) is 55.1 Å². The van der Waals surface area contributed by atoms with E-state index in [1.807, 2.05) is 37.3 Å². The molecule has 2 aromatic heterocycles. The van der Waals surface area contributed by atoms with Gasteiger partial charge in [0.25, 0.3) is 5.79 Å². The van der Waals surface area contributed by atoms with Crippen LogP contribution in [-0.2, 0) is 33.1 Å². The molecule has 240 valence electrons. The van der Waals surface area contributed by atoms with Crippen molar-refractivity contribution in [3.8, 4) is 11.5 Å². The van der Waals surface area contributed by atoms with Crippen molar-refractivity contribution < 1.29 is 28.5 Å². The van der Waals surface area contributed by atoms with Crippen LogP contribution in [0.3, 0.4) is 0 Å². The zero-order valence-corrected chi connectivity index (χ0v) is 26.6. The predicted molar refractivity (Wildman–Crippen MR) is 170 cm³/mol. The maximum absolute atomic E-state index is 12.4. The van der Waals surface area contributed by atoms with Crippen LogP contribution >= 0.6 is 11.6 Å². The van der Waals surface area contributed by atoms with Gasteiger partial charge in [0.1, 0.15) is 11.5 Å². The van der Waals surface area contributed by atoms with Gasteiger partial charge in [-0.25, -0.2) is 9.78 Å². The number of nitrogens with zero attached hydrogens (tertiary/aromatic N) is 5. The Morgan fingerprint density at radius 2 is 2.00 bits per heavy atom. The Morgan fingerprint density at radius 1 is 1.11 bits per heavy atom. The number of esters is 1. The Hall–Kier alpha value is -3.90. The Kier molecular flexibility index (Phi) is 7.51.